The molecule has 1 amide bonds. The van der Waals surface area contributed by atoms with Gasteiger partial charge in [0.05, 0.1) is 39.1 Å². The number of fused-ring (bicyclic) bond motifs is 1. The van der Waals surface area contributed by atoms with Gasteiger partial charge in [0.25, 0.3) is 15.9 Å². The molecule has 0 spiro atoms. The second-order valence-corrected chi connectivity index (χ2v) is 11.4. The number of nitrogens with one attached hydrogen (secondary N) is 1. The number of aryl methyl sites for hydroxylation is 2. The van der Waals surface area contributed by atoms with Crippen molar-refractivity contribution in [2.45, 2.75) is 51.5 Å². The average Bonchev–Trinajstić information content (AvgIpc) is 3.08. The van der Waals surface area contributed by atoms with Crippen molar-refractivity contribution in [2.24, 2.45) is 0 Å². The third-order valence-electron chi connectivity index (χ3n) is 5.80. The third kappa shape index (κ3) is 4.35. The van der Waals surface area contributed by atoms with Crippen LogP contribution in [0.4, 0.5) is 11.4 Å². The van der Waals surface area contributed by atoms with Gasteiger partial charge in [-0.15, -0.1) is 0 Å². The van der Waals surface area contributed by atoms with Crippen molar-refractivity contribution >= 4 is 38.9 Å². The minimum atomic E-state index is -3.86. The molecule has 33 heavy (non-hydrogen) atoms. The maximum Gasteiger partial charge on any atom is 0.261 e. The predicted molar refractivity (Wildman–Crippen MR) is 132 cm³/mol. The predicted octanol–water partition coefficient (Wildman–Crippen LogP) is 5.61. The summed E-state index contributed by atoms with van der Waals surface area (Å²) < 4.78 is 28.9. The smallest absolute Gasteiger partial charge is 0.261 e. The minimum absolute atomic E-state index is 0.0838. The lowest BCUT2D eigenvalue weighted by Crippen LogP contribution is -2.24. The summed E-state index contributed by atoms with van der Waals surface area (Å²) in [7, 11) is -3.86. The van der Waals surface area contributed by atoms with Gasteiger partial charge in [0.2, 0.25) is 0 Å². The zero-order chi connectivity index (χ0) is 24.1. The van der Waals surface area contributed by atoms with Crippen molar-refractivity contribution in [1.82, 2.24) is 4.98 Å². The van der Waals surface area contributed by atoms with Crippen LogP contribution in [0.15, 0.2) is 53.4 Å². The normalized spacial score (nSPS) is 13.9. The Hall–Kier alpha value is -2.90. The molecule has 172 valence electrons. The third-order valence-corrected chi connectivity index (χ3v) is 7.50. The Bertz CT molecular complexity index is 1360. The van der Waals surface area contributed by atoms with E-state index in [4.69, 9.17) is 11.6 Å². The van der Waals surface area contributed by atoms with E-state index in [9.17, 15) is 13.2 Å². The highest BCUT2D eigenvalue weighted by Crippen LogP contribution is 2.38. The van der Waals surface area contributed by atoms with Crippen LogP contribution in [0.2, 0.25) is 5.02 Å². The molecule has 2 aromatic carbocycles. The largest absolute Gasteiger partial charge is 0.302 e. The number of halogens is 1. The lowest BCUT2D eigenvalue weighted by molar-refractivity contribution is 0.0996. The van der Waals surface area contributed by atoms with Crippen molar-refractivity contribution in [3.05, 3.63) is 81.6 Å². The molecule has 2 heterocycles. The maximum absolute atomic E-state index is 13.2. The van der Waals surface area contributed by atoms with E-state index < -0.39 is 10.0 Å². The molecule has 0 saturated heterocycles. The fourth-order valence-electron chi connectivity index (χ4n) is 3.97. The van der Waals surface area contributed by atoms with Gasteiger partial charge in [0.1, 0.15) is 0 Å². The van der Waals surface area contributed by atoms with Gasteiger partial charge in [-0.2, -0.15) is 0 Å². The standard InChI is InChI=1S/C25H26ClN3O3S/c1-15-6-13-22(16(2)27-15)29-14-19-21(12-11-20(26)23(19)24(29)30)28-33(31,32)18-9-7-17(8-10-18)25(3,4)5/h6-13,28H,14H2,1-5H3. The van der Waals surface area contributed by atoms with Gasteiger partial charge in [-0.25, -0.2) is 8.42 Å². The molecule has 4 rings (SSSR count). The molecule has 1 aliphatic rings. The van der Waals surface area contributed by atoms with Crippen LogP contribution < -0.4 is 9.62 Å². The summed E-state index contributed by atoms with van der Waals surface area (Å²) in [5.74, 6) is -0.278. The molecule has 1 aliphatic heterocycles. The Labute approximate surface area is 199 Å². The summed E-state index contributed by atoms with van der Waals surface area (Å²) in [6.07, 6.45) is 0. The van der Waals surface area contributed by atoms with E-state index in [1.165, 1.54) is 0 Å². The van der Waals surface area contributed by atoms with Crippen LogP contribution >= 0.6 is 11.6 Å². The molecule has 0 saturated carbocycles. The molecule has 0 fully saturated rings. The first-order chi connectivity index (χ1) is 15.4. The van der Waals surface area contributed by atoms with Crippen LogP contribution in [0, 0.1) is 13.8 Å². The second kappa shape index (κ2) is 8.15. The highest BCUT2D eigenvalue weighted by Gasteiger charge is 2.34. The number of carbonyl (C=O) groups is 1. The lowest BCUT2D eigenvalue weighted by Gasteiger charge is -2.19. The monoisotopic (exact) mass is 483 g/mol. The van der Waals surface area contributed by atoms with E-state index in [1.807, 2.05) is 38.1 Å². The van der Waals surface area contributed by atoms with Crippen molar-refractivity contribution in [3.63, 3.8) is 0 Å². The number of hydrogen-bond acceptors (Lipinski definition) is 4. The topological polar surface area (TPSA) is 79.4 Å². The highest BCUT2D eigenvalue weighted by molar-refractivity contribution is 7.92. The lowest BCUT2D eigenvalue weighted by atomic mass is 9.87. The van der Waals surface area contributed by atoms with Crippen molar-refractivity contribution in [3.8, 4) is 0 Å². The van der Waals surface area contributed by atoms with E-state index in [0.29, 0.717) is 28.2 Å². The Morgan fingerprint density at radius 3 is 2.27 bits per heavy atom. The quantitative estimate of drug-likeness (QED) is 0.523. The fraction of sp³-hybridized carbons (Fsp3) is 0.280. The van der Waals surface area contributed by atoms with Gasteiger partial charge in [-0.3, -0.25) is 14.5 Å². The molecule has 6 nitrogen and oxygen atoms in total. The molecule has 0 unspecified atom stereocenters. The van der Waals surface area contributed by atoms with Crippen LogP contribution in [0.25, 0.3) is 0 Å². The molecule has 1 N–H and O–H groups in total. The van der Waals surface area contributed by atoms with Gasteiger partial charge in [-0.05, 0) is 61.2 Å². The molecule has 8 heteroatoms. The van der Waals surface area contributed by atoms with Crippen molar-refractivity contribution in [2.75, 3.05) is 9.62 Å². The van der Waals surface area contributed by atoms with E-state index in [-0.39, 0.29) is 27.8 Å². The van der Waals surface area contributed by atoms with Gasteiger partial charge in [-0.1, -0.05) is 44.5 Å². The zero-order valence-corrected chi connectivity index (χ0v) is 20.8. The fourth-order valence-corrected chi connectivity index (χ4v) is 5.32. The van der Waals surface area contributed by atoms with E-state index in [1.54, 1.807) is 29.2 Å². The Morgan fingerprint density at radius 2 is 1.67 bits per heavy atom. The Morgan fingerprint density at radius 1 is 1.00 bits per heavy atom. The van der Waals surface area contributed by atoms with Crippen molar-refractivity contribution in [1.29, 1.82) is 0 Å². The highest BCUT2D eigenvalue weighted by atomic mass is 35.5. The molecule has 0 atom stereocenters. The first-order valence-corrected chi connectivity index (χ1v) is 12.5. The molecule has 0 radical (unpaired) electrons. The number of carbonyl (C=O) groups excluding carboxylic acids is 1. The summed E-state index contributed by atoms with van der Waals surface area (Å²) in [5.41, 5.74) is 4.38. The van der Waals surface area contributed by atoms with Crippen LogP contribution in [0.3, 0.4) is 0 Å². The Kier molecular flexibility index (Phi) is 5.75. The average molecular weight is 484 g/mol. The molecule has 3 aromatic rings. The van der Waals surface area contributed by atoms with Crippen LogP contribution in [0.1, 0.15) is 53.6 Å². The van der Waals surface area contributed by atoms with Gasteiger partial charge in [0, 0.05) is 11.3 Å². The van der Waals surface area contributed by atoms with E-state index >= 15 is 0 Å². The zero-order valence-electron chi connectivity index (χ0n) is 19.2. The first kappa shape index (κ1) is 23.3. The number of nitrogens with zero attached hydrogens (tertiary/aromatic N) is 2. The first-order valence-electron chi connectivity index (χ1n) is 10.6. The summed E-state index contributed by atoms with van der Waals surface area (Å²) in [6, 6.07) is 13.6. The number of anilines is 2. The molecular weight excluding hydrogens is 458 g/mol. The number of amides is 1. The number of aromatic nitrogens is 1. The number of benzene rings is 2. The van der Waals surface area contributed by atoms with Gasteiger partial charge >= 0.3 is 0 Å². The number of rotatable bonds is 4. The van der Waals surface area contributed by atoms with Crippen LogP contribution in [-0.4, -0.2) is 19.3 Å². The van der Waals surface area contributed by atoms with Crippen LogP contribution in [0.5, 0.6) is 0 Å². The Balaban J connectivity index is 1.69. The summed E-state index contributed by atoms with van der Waals surface area (Å²) in [4.78, 5) is 19.4. The minimum Gasteiger partial charge on any atom is -0.302 e. The van der Waals surface area contributed by atoms with Crippen molar-refractivity contribution < 1.29 is 13.2 Å². The van der Waals surface area contributed by atoms with Gasteiger partial charge < -0.3 is 4.90 Å². The number of hydrogen-bond donors (Lipinski definition) is 1. The summed E-state index contributed by atoms with van der Waals surface area (Å²) >= 11 is 6.36. The number of sulfonamides is 1. The molecule has 1 aromatic heterocycles. The summed E-state index contributed by atoms with van der Waals surface area (Å²) in [5, 5.41) is 0.285. The SMILES string of the molecule is Cc1ccc(N2Cc3c(NS(=O)(=O)c4ccc(C(C)(C)C)cc4)ccc(Cl)c3C2=O)c(C)n1. The summed E-state index contributed by atoms with van der Waals surface area (Å²) in [6.45, 7) is 10.1. The molecule has 0 bridgehead atoms. The van der Waals surface area contributed by atoms with Crippen LogP contribution in [-0.2, 0) is 22.0 Å². The van der Waals surface area contributed by atoms with Gasteiger partial charge in [0.15, 0.2) is 0 Å². The number of pyridine rings is 1. The molecular formula is C25H26ClN3O3S. The maximum atomic E-state index is 13.2. The second-order valence-electron chi connectivity index (χ2n) is 9.28. The van der Waals surface area contributed by atoms with E-state index in [2.05, 4.69) is 30.5 Å². The van der Waals surface area contributed by atoms with E-state index in [0.717, 1.165) is 11.3 Å². The molecule has 0 aliphatic carbocycles.